The first-order valence-corrected chi connectivity index (χ1v) is 7.81. The Hall–Kier alpha value is -1.16. The Balaban J connectivity index is 1.88. The van der Waals surface area contributed by atoms with Crippen molar-refractivity contribution in [2.75, 3.05) is 5.75 Å². The SMILES string of the molecule is O=C(O)c1ccc(CS(=O)CC2CCCC2)cc1. The van der Waals surface area contributed by atoms with Gasteiger partial charge in [-0.15, -0.1) is 0 Å². The fraction of sp³-hybridized carbons (Fsp3) is 0.500. The maximum atomic E-state index is 12.0. The quantitative estimate of drug-likeness (QED) is 0.891. The Morgan fingerprint density at radius 1 is 1.22 bits per heavy atom. The summed E-state index contributed by atoms with van der Waals surface area (Å²) in [5.41, 5.74) is 1.23. The van der Waals surface area contributed by atoms with Gasteiger partial charge in [0, 0.05) is 22.3 Å². The number of aromatic carboxylic acids is 1. The summed E-state index contributed by atoms with van der Waals surface area (Å²) < 4.78 is 12.0. The summed E-state index contributed by atoms with van der Waals surface area (Å²) in [4.78, 5) is 10.7. The molecule has 0 aliphatic heterocycles. The lowest BCUT2D eigenvalue weighted by Crippen LogP contribution is -2.09. The van der Waals surface area contributed by atoms with Crippen LogP contribution in [0.5, 0.6) is 0 Å². The van der Waals surface area contributed by atoms with E-state index in [2.05, 4.69) is 0 Å². The van der Waals surface area contributed by atoms with Gasteiger partial charge < -0.3 is 5.11 Å². The molecule has 1 atom stereocenters. The molecule has 0 amide bonds. The van der Waals surface area contributed by atoms with Crippen molar-refractivity contribution in [3.05, 3.63) is 35.4 Å². The second-order valence-electron chi connectivity index (χ2n) is 4.90. The van der Waals surface area contributed by atoms with Crippen molar-refractivity contribution in [1.82, 2.24) is 0 Å². The minimum absolute atomic E-state index is 0.278. The highest BCUT2D eigenvalue weighted by Crippen LogP contribution is 2.25. The van der Waals surface area contributed by atoms with E-state index in [-0.39, 0.29) is 5.56 Å². The Labute approximate surface area is 110 Å². The van der Waals surface area contributed by atoms with Gasteiger partial charge in [0.1, 0.15) is 0 Å². The van der Waals surface area contributed by atoms with E-state index in [1.807, 2.05) is 0 Å². The van der Waals surface area contributed by atoms with Crippen molar-refractivity contribution in [1.29, 1.82) is 0 Å². The predicted octanol–water partition coefficient (Wildman–Crippen LogP) is 2.82. The molecule has 3 nitrogen and oxygen atoms in total. The molecule has 1 saturated carbocycles. The topological polar surface area (TPSA) is 54.4 Å². The molecule has 18 heavy (non-hydrogen) atoms. The number of carboxylic acid groups (broad SMARTS) is 1. The molecule has 1 aromatic rings. The van der Waals surface area contributed by atoms with Crippen molar-refractivity contribution in [3.63, 3.8) is 0 Å². The maximum absolute atomic E-state index is 12.0. The molecule has 1 fully saturated rings. The summed E-state index contributed by atoms with van der Waals surface area (Å²) in [6.45, 7) is 0. The van der Waals surface area contributed by atoms with Gasteiger partial charge in [-0.05, 0) is 36.5 Å². The number of hydrogen-bond donors (Lipinski definition) is 1. The molecule has 4 heteroatoms. The summed E-state index contributed by atoms with van der Waals surface area (Å²) in [6, 6.07) is 6.67. The van der Waals surface area contributed by atoms with Gasteiger partial charge in [-0.3, -0.25) is 4.21 Å². The fourth-order valence-electron chi connectivity index (χ4n) is 2.43. The van der Waals surface area contributed by atoms with Gasteiger partial charge in [0.05, 0.1) is 5.56 Å². The number of rotatable bonds is 5. The minimum Gasteiger partial charge on any atom is -0.478 e. The average molecular weight is 266 g/mol. The maximum Gasteiger partial charge on any atom is 0.335 e. The molecule has 98 valence electrons. The Bertz CT molecular complexity index is 433. The molecule has 0 bridgehead atoms. The van der Waals surface area contributed by atoms with Crippen LogP contribution in [-0.4, -0.2) is 21.0 Å². The van der Waals surface area contributed by atoms with Crippen LogP contribution in [0.2, 0.25) is 0 Å². The van der Waals surface area contributed by atoms with Crippen LogP contribution in [-0.2, 0) is 16.6 Å². The largest absolute Gasteiger partial charge is 0.478 e. The van der Waals surface area contributed by atoms with E-state index in [9.17, 15) is 9.00 Å². The first kappa shape index (κ1) is 13.3. The zero-order chi connectivity index (χ0) is 13.0. The predicted molar refractivity (Wildman–Crippen MR) is 72.1 cm³/mol. The Kier molecular flexibility index (Phi) is 4.53. The van der Waals surface area contributed by atoms with Crippen LogP contribution < -0.4 is 0 Å². The molecule has 0 heterocycles. The molecule has 1 N–H and O–H groups in total. The van der Waals surface area contributed by atoms with Crippen LogP contribution in [0.4, 0.5) is 0 Å². The molecule has 0 saturated heterocycles. The molecule has 0 spiro atoms. The molecule has 1 aliphatic rings. The summed E-state index contributed by atoms with van der Waals surface area (Å²) in [6.07, 6.45) is 4.97. The van der Waals surface area contributed by atoms with Crippen molar-refractivity contribution >= 4 is 16.8 Å². The average Bonchev–Trinajstić information content (AvgIpc) is 2.82. The Morgan fingerprint density at radius 3 is 2.39 bits per heavy atom. The zero-order valence-corrected chi connectivity index (χ0v) is 11.1. The van der Waals surface area contributed by atoms with Gasteiger partial charge in [0.2, 0.25) is 0 Å². The standard InChI is InChI=1S/C14H18O3S/c15-14(16)13-7-5-12(6-8-13)10-18(17)9-11-3-1-2-4-11/h5-8,11H,1-4,9-10H2,(H,15,16). The van der Waals surface area contributed by atoms with Gasteiger partial charge >= 0.3 is 5.97 Å². The summed E-state index contributed by atoms with van der Waals surface area (Å²) in [5, 5.41) is 8.79. The lowest BCUT2D eigenvalue weighted by molar-refractivity contribution is 0.0697. The lowest BCUT2D eigenvalue weighted by atomic mass is 10.1. The van der Waals surface area contributed by atoms with E-state index in [0.29, 0.717) is 11.7 Å². The highest BCUT2D eigenvalue weighted by Gasteiger charge is 2.17. The van der Waals surface area contributed by atoms with Gasteiger partial charge in [-0.1, -0.05) is 25.0 Å². The monoisotopic (exact) mass is 266 g/mol. The van der Waals surface area contributed by atoms with Gasteiger partial charge in [-0.25, -0.2) is 4.79 Å². The highest BCUT2D eigenvalue weighted by atomic mass is 32.2. The lowest BCUT2D eigenvalue weighted by Gasteiger charge is -2.08. The first-order valence-electron chi connectivity index (χ1n) is 6.32. The third kappa shape index (κ3) is 3.67. The van der Waals surface area contributed by atoms with Crippen molar-refractivity contribution < 1.29 is 14.1 Å². The Morgan fingerprint density at radius 2 is 1.83 bits per heavy atom. The number of carboxylic acids is 1. The van der Waals surface area contributed by atoms with E-state index in [1.165, 1.54) is 25.7 Å². The third-order valence-electron chi connectivity index (χ3n) is 3.42. The summed E-state index contributed by atoms with van der Waals surface area (Å²) in [5.74, 6) is 1.04. The van der Waals surface area contributed by atoms with E-state index < -0.39 is 16.8 Å². The van der Waals surface area contributed by atoms with Crippen LogP contribution in [0.25, 0.3) is 0 Å². The molecule has 1 aromatic carbocycles. The van der Waals surface area contributed by atoms with E-state index in [1.54, 1.807) is 24.3 Å². The minimum atomic E-state index is -0.923. The molecule has 0 aromatic heterocycles. The van der Waals surface area contributed by atoms with Crippen LogP contribution in [0, 0.1) is 5.92 Å². The smallest absolute Gasteiger partial charge is 0.335 e. The molecule has 0 radical (unpaired) electrons. The van der Waals surface area contributed by atoms with Gasteiger partial charge in [-0.2, -0.15) is 0 Å². The summed E-state index contributed by atoms with van der Waals surface area (Å²) in [7, 11) is -0.826. The molecular formula is C14H18O3S. The summed E-state index contributed by atoms with van der Waals surface area (Å²) >= 11 is 0. The van der Waals surface area contributed by atoms with Crippen molar-refractivity contribution in [2.45, 2.75) is 31.4 Å². The second-order valence-corrected chi connectivity index (χ2v) is 6.41. The van der Waals surface area contributed by atoms with Gasteiger partial charge in [0.25, 0.3) is 0 Å². The number of benzene rings is 1. The van der Waals surface area contributed by atoms with Gasteiger partial charge in [0.15, 0.2) is 0 Å². The van der Waals surface area contributed by atoms with Crippen molar-refractivity contribution in [3.8, 4) is 0 Å². The molecule has 1 aliphatic carbocycles. The van der Waals surface area contributed by atoms with E-state index >= 15 is 0 Å². The van der Waals surface area contributed by atoms with Crippen LogP contribution in [0.15, 0.2) is 24.3 Å². The second kappa shape index (κ2) is 6.14. The fourth-order valence-corrected chi connectivity index (χ4v) is 3.97. The number of hydrogen-bond acceptors (Lipinski definition) is 2. The molecule has 1 unspecified atom stereocenters. The molecule has 2 rings (SSSR count). The number of carbonyl (C=O) groups is 1. The van der Waals surface area contributed by atoms with Crippen LogP contribution >= 0.6 is 0 Å². The van der Waals surface area contributed by atoms with Crippen molar-refractivity contribution in [2.24, 2.45) is 5.92 Å². The van der Waals surface area contributed by atoms with E-state index in [0.717, 1.165) is 11.3 Å². The van der Waals surface area contributed by atoms with Crippen LogP contribution in [0.3, 0.4) is 0 Å². The van der Waals surface area contributed by atoms with E-state index in [4.69, 9.17) is 5.11 Å². The zero-order valence-electron chi connectivity index (χ0n) is 10.3. The molecular weight excluding hydrogens is 248 g/mol. The third-order valence-corrected chi connectivity index (χ3v) is 4.92. The van der Waals surface area contributed by atoms with Crippen LogP contribution in [0.1, 0.15) is 41.6 Å². The normalized spacial score (nSPS) is 17.8. The first-order chi connectivity index (χ1) is 8.65. The highest BCUT2D eigenvalue weighted by molar-refractivity contribution is 7.84.